The Morgan fingerprint density at radius 2 is 1.84 bits per heavy atom. The first-order chi connectivity index (χ1) is 14.5. The summed E-state index contributed by atoms with van der Waals surface area (Å²) in [6, 6.07) is 0. The van der Waals surface area contributed by atoms with E-state index in [9.17, 15) is 4.79 Å². The lowest BCUT2D eigenvalue weighted by Crippen LogP contribution is -2.45. The SMILES string of the molecule is CCCCCCC[C@@H](O[Si](C)(C)C(C)(C)C)/C(=C/[C@@H](C)OC1CCCCO1)C(=O)OC. The molecule has 3 atom stereocenters. The molecule has 1 fully saturated rings. The van der Waals surface area contributed by atoms with E-state index in [0.717, 1.165) is 45.1 Å². The van der Waals surface area contributed by atoms with Gasteiger partial charge in [-0.15, -0.1) is 0 Å². The van der Waals surface area contributed by atoms with Crippen LogP contribution < -0.4 is 0 Å². The molecular weight excluding hydrogens is 408 g/mol. The number of rotatable bonds is 13. The van der Waals surface area contributed by atoms with E-state index in [0.29, 0.717) is 5.57 Å². The Balaban J connectivity index is 3.03. The Kier molecular flexibility index (Phi) is 12.6. The minimum Gasteiger partial charge on any atom is -0.466 e. The van der Waals surface area contributed by atoms with Crippen molar-refractivity contribution in [1.29, 1.82) is 0 Å². The summed E-state index contributed by atoms with van der Waals surface area (Å²) in [6.07, 6.45) is 11.0. The molecule has 0 radical (unpaired) electrons. The van der Waals surface area contributed by atoms with Gasteiger partial charge in [-0.1, -0.05) is 59.8 Å². The molecule has 0 aromatic carbocycles. The van der Waals surface area contributed by atoms with Gasteiger partial charge in [-0.2, -0.15) is 0 Å². The Morgan fingerprint density at radius 1 is 1.16 bits per heavy atom. The quantitative estimate of drug-likeness (QED) is 0.132. The Morgan fingerprint density at radius 3 is 2.39 bits per heavy atom. The number of carbonyl (C=O) groups is 1. The summed E-state index contributed by atoms with van der Waals surface area (Å²) in [4.78, 5) is 12.8. The average Bonchev–Trinajstić information content (AvgIpc) is 2.70. The van der Waals surface area contributed by atoms with E-state index in [-0.39, 0.29) is 29.5 Å². The maximum atomic E-state index is 12.8. The van der Waals surface area contributed by atoms with Crippen molar-refractivity contribution in [3.05, 3.63) is 11.6 Å². The second-order valence-corrected chi connectivity index (χ2v) is 15.1. The number of esters is 1. The maximum absolute atomic E-state index is 12.8. The third kappa shape index (κ3) is 10.2. The van der Waals surface area contributed by atoms with Gasteiger partial charge in [0.1, 0.15) is 0 Å². The summed E-state index contributed by atoms with van der Waals surface area (Å²) in [5.41, 5.74) is 0.589. The molecule has 1 heterocycles. The summed E-state index contributed by atoms with van der Waals surface area (Å²) >= 11 is 0. The van der Waals surface area contributed by atoms with Gasteiger partial charge in [0.25, 0.3) is 0 Å². The van der Waals surface area contributed by atoms with Crippen molar-refractivity contribution in [1.82, 2.24) is 0 Å². The molecule has 0 N–H and O–H groups in total. The summed E-state index contributed by atoms with van der Waals surface area (Å²) < 4.78 is 23.7. The number of hydrogen-bond donors (Lipinski definition) is 0. The summed E-state index contributed by atoms with van der Waals surface area (Å²) in [6.45, 7) is 16.1. The molecule has 31 heavy (non-hydrogen) atoms. The van der Waals surface area contributed by atoms with E-state index in [4.69, 9.17) is 18.6 Å². The van der Waals surface area contributed by atoms with Crippen LogP contribution in [0, 0.1) is 0 Å². The van der Waals surface area contributed by atoms with Crippen LogP contribution in [0.15, 0.2) is 11.6 Å². The van der Waals surface area contributed by atoms with Crippen molar-refractivity contribution in [3.8, 4) is 0 Å². The first-order valence-electron chi connectivity index (χ1n) is 12.3. The van der Waals surface area contributed by atoms with Crippen LogP contribution in [-0.2, 0) is 23.4 Å². The van der Waals surface area contributed by atoms with Gasteiger partial charge in [0.2, 0.25) is 0 Å². The molecule has 0 aromatic heterocycles. The monoisotopic (exact) mass is 456 g/mol. The van der Waals surface area contributed by atoms with E-state index >= 15 is 0 Å². The predicted molar refractivity (Wildman–Crippen MR) is 130 cm³/mol. The topological polar surface area (TPSA) is 54.0 Å². The highest BCUT2D eigenvalue weighted by molar-refractivity contribution is 6.74. The van der Waals surface area contributed by atoms with E-state index in [1.807, 2.05) is 13.0 Å². The normalized spacial score (nSPS) is 20.4. The minimum absolute atomic E-state index is 0.0622. The second kappa shape index (κ2) is 13.8. The first kappa shape index (κ1) is 28.3. The lowest BCUT2D eigenvalue weighted by molar-refractivity contribution is -0.175. The molecule has 0 spiro atoms. The van der Waals surface area contributed by atoms with E-state index in [1.54, 1.807) is 0 Å². The maximum Gasteiger partial charge on any atom is 0.336 e. The zero-order valence-electron chi connectivity index (χ0n) is 21.4. The number of hydrogen-bond acceptors (Lipinski definition) is 5. The van der Waals surface area contributed by atoms with Gasteiger partial charge in [0, 0.05) is 6.61 Å². The van der Waals surface area contributed by atoms with Crippen molar-refractivity contribution >= 4 is 14.3 Å². The van der Waals surface area contributed by atoms with Gasteiger partial charge in [-0.3, -0.25) is 0 Å². The molecule has 5 nitrogen and oxygen atoms in total. The van der Waals surface area contributed by atoms with Crippen LogP contribution >= 0.6 is 0 Å². The fourth-order valence-corrected chi connectivity index (χ4v) is 4.83. The van der Waals surface area contributed by atoms with Crippen LogP contribution in [0.5, 0.6) is 0 Å². The van der Waals surface area contributed by atoms with Crippen molar-refractivity contribution in [2.75, 3.05) is 13.7 Å². The lowest BCUT2D eigenvalue weighted by Gasteiger charge is -2.39. The smallest absolute Gasteiger partial charge is 0.336 e. The average molecular weight is 457 g/mol. The second-order valence-electron chi connectivity index (χ2n) is 10.3. The zero-order valence-corrected chi connectivity index (χ0v) is 22.4. The molecule has 1 saturated heterocycles. The highest BCUT2D eigenvalue weighted by Crippen LogP contribution is 2.39. The van der Waals surface area contributed by atoms with Gasteiger partial charge in [-0.25, -0.2) is 4.79 Å². The van der Waals surface area contributed by atoms with Gasteiger partial charge < -0.3 is 18.6 Å². The van der Waals surface area contributed by atoms with Crippen LogP contribution in [0.3, 0.4) is 0 Å². The number of methoxy groups -OCH3 is 1. The van der Waals surface area contributed by atoms with Crippen molar-refractivity contribution in [3.63, 3.8) is 0 Å². The third-order valence-electron chi connectivity index (χ3n) is 6.50. The molecular formula is C25H48O5Si. The number of unbranched alkanes of at least 4 members (excludes halogenated alkanes) is 4. The van der Waals surface area contributed by atoms with Crippen molar-refractivity contribution in [2.45, 2.75) is 129 Å². The standard InChI is InChI=1S/C25H48O5Si/c1-9-10-11-12-13-16-22(30-31(7,8)25(3,4)5)21(24(26)27-6)19-20(2)29-23-17-14-15-18-28-23/h19-20,22-23H,9-18H2,1-8H3/b21-19-/t20-,22-,23?/m1/s1. The van der Waals surface area contributed by atoms with Crippen molar-refractivity contribution < 1.29 is 23.4 Å². The van der Waals surface area contributed by atoms with Gasteiger partial charge in [0.15, 0.2) is 14.6 Å². The molecule has 1 rings (SSSR count). The molecule has 1 unspecified atom stereocenters. The number of carbonyl (C=O) groups excluding carboxylic acids is 1. The number of ether oxygens (including phenoxy) is 3. The van der Waals surface area contributed by atoms with E-state index < -0.39 is 8.32 Å². The van der Waals surface area contributed by atoms with E-state index in [2.05, 4.69) is 40.8 Å². The molecule has 1 aliphatic heterocycles. The molecule has 0 amide bonds. The molecule has 0 bridgehead atoms. The summed E-state index contributed by atoms with van der Waals surface area (Å²) in [5.74, 6) is -0.322. The predicted octanol–water partition coefficient (Wildman–Crippen LogP) is 6.77. The van der Waals surface area contributed by atoms with Crippen LogP contribution in [0.1, 0.15) is 92.4 Å². The third-order valence-corrected chi connectivity index (χ3v) is 11.0. The van der Waals surface area contributed by atoms with Crippen LogP contribution in [0.25, 0.3) is 0 Å². The van der Waals surface area contributed by atoms with Gasteiger partial charge in [-0.05, 0) is 56.8 Å². The molecule has 0 aliphatic carbocycles. The molecule has 6 heteroatoms. The molecule has 1 aliphatic rings. The Hall–Kier alpha value is -0.693. The van der Waals surface area contributed by atoms with Crippen LogP contribution in [0.4, 0.5) is 0 Å². The van der Waals surface area contributed by atoms with Crippen LogP contribution in [0.2, 0.25) is 18.1 Å². The van der Waals surface area contributed by atoms with Gasteiger partial charge in [0.05, 0.1) is 24.9 Å². The van der Waals surface area contributed by atoms with E-state index in [1.165, 1.54) is 26.4 Å². The first-order valence-corrected chi connectivity index (χ1v) is 15.2. The largest absolute Gasteiger partial charge is 0.466 e. The minimum atomic E-state index is -2.07. The fraction of sp³-hybridized carbons (Fsp3) is 0.880. The highest BCUT2D eigenvalue weighted by Gasteiger charge is 2.40. The Labute approximate surface area is 192 Å². The van der Waals surface area contributed by atoms with Gasteiger partial charge >= 0.3 is 5.97 Å². The van der Waals surface area contributed by atoms with Crippen molar-refractivity contribution in [2.24, 2.45) is 0 Å². The zero-order chi connectivity index (χ0) is 23.5. The lowest BCUT2D eigenvalue weighted by atomic mass is 10.0. The Bertz CT molecular complexity index is 547. The molecule has 0 aromatic rings. The molecule has 0 saturated carbocycles. The molecule has 182 valence electrons. The highest BCUT2D eigenvalue weighted by atomic mass is 28.4. The van der Waals surface area contributed by atoms with Crippen LogP contribution in [-0.4, -0.2) is 46.5 Å². The summed E-state index contributed by atoms with van der Waals surface area (Å²) in [7, 11) is -0.631. The summed E-state index contributed by atoms with van der Waals surface area (Å²) in [5, 5.41) is 0.0622. The fourth-order valence-electron chi connectivity index (χ4n) is 3.52.